The van der Waals surface area contributed by atoms with Crippen LogP contribution in [-0.2, 0) is 11.2 Å². The molecule has 0 saturated heterocycles. The molecule has 2 heterocycles. The van der Waals surface area contributed by atoms with E-state index < -0.39 is 5.97 Å². The van der Waals surface area contributed by atoms with E-state index in [9.17, 15) is 9.90 Å². The Morgan fingerprint density at radius 3 is 3.07 bits per heavy atom. The fourth-order valence-corrected chi connectivity index (χ4v) is 1.46. The Kier molecular flexibility index (Phi) is 2.29. The summed E-state index contributed by atoms with van der Waals surface area (Å²) in [4.78, 5) is 14.5. The van der Waals surface area contributed by atoms with Gasteiger partial charge >= 0.3 is 5.97 Å². The van der Waals surface area contributed by atoms with Gasteiger partial charge in [0.2, 0.25) is 0 Å². The zero-order chi connectivity index (χ0) is 10.8. The average molecular weight is 206 g/mol. The minimum Gasteiger partial charge on any atom is -0.506 e. The van der Waals surface area contributed by atoms with Crippen LogP contribution in [-0.4, -0.2) is 25.6 Å². The quantitative estimate of drug-likeness (QED) is 0.787. The Labute approximate surface area is 85.6 Å². The molecule has 2 aromatic heterocycles. The summed E-state index contributed by atoms with van der Waals surface area (Å²) >= 11 is 0. The smallest absolute Gasteiger partial charge is 0.303 e. The number of carboxylic acids is 1. The molecule has 0 saturated carbocycles. The molecule has 0 bridgehead atoms. The second-order valence-corrected chi connectivity index (χ2v) is 3.22. The molecule has 15 heavy (non-hydrogen) atoms. The third-order valence-corrected chi connectivity index (χ3v) is 2.19. The summed E-state index contributed by atoms with van der Waals surface area (Å²) in [5.74, 6) is -0.0678. The number of carboxylic acid groups (broad SMARTS) is 1. The van der Waals surface area contributed by atoms with Crippen molar-refractivity contribution in [3.05, 3.63) is 30.4 Å². The van der Waals surface area contributed by atoms with Crippen LogP contribution in [0.15, 0.2) is 24.5 Å². The number of fused-ring (bicyclic) bond motifs is 1. The normalized spacial score (nSPS) is 10.7. The van der Waals surface area contributed by atoms with Gasteiger partial charge < -0.3 is 14.6 Å². The van der Waals surface area contributed by atoms with E-state index in [1.807, 2.05) is 0 Å². The van der Waals surface area contributed by atoms with Gasteiger partial charge in [-0.1, -0.05) is 0 Å². The maximum absolute atomic E-state index is 10.4. The topological polar surface area (TPSA) is 74.8 Å². The predicted octanol–water partition coefficient (Wildman–Crippen LogP) is 1.06. The van der Waals surface area contributed by atoms with Crippen molar-refractivity contribution < 1.29 is 15.0 Å². The van der Waals surface area contributed by atoms with Crippen molar-refractivity contribution in [2.24, 2.45) is 0 Å². The molecule has 2 N–H and O–H groups in total. The van der Waals surface area contributed by atoms with E-state index in [1.54, 1.807) is 22.7 Å². The first-order valence-electron chi connectivity index (χ1n) is 4.54. The predicted molar refractivity (Wildman–Crippen MR) is 52.8 cm³/mol. The molecular formula is C10H10N2O3. The average Bonchev–Trinajstić information content (AvgIpc) is 2.59. The van der Waals surface area contributed by atoms with Crippen LogP contribution in [0.3, 0.4) is 0 Å². The number of carbonyl (C=O) groups is 1. The van der Waals surface area contributed by atoms with Crippen molar-refractivity contribution in [1.82, 2.24) is 9.38 Å². The highest BCUT2D eigenvalue weighted by atomic mass is 16.4. The van der Waals surface area contributed by atoms with Crippen LogP contribution in [0.4, 0.5) is 0 Å². The molecule has 5 heteroatoms. The Bertz CT molecular complexity index is 504. The van der Waals surface area contributed by atoms with E-state index in [2.05, 4.69) is 4.98 Å². The highest BCUT2D eigenvalue weighted by Gasteiger charge is 2.07. The lowest BCUT2D eigenvalue weighted by atomic mass is 10.3. The summed E-state index contributed by atoms with van der Waals surface area (Å²) in [5.41, 5.74) is 0.595. The molecule has 0 atom stereocenters. The molecule has 0 fully saturated rings. The summed E-state index contributed by atoms with van der Waals surface area (Å²) in [6.45, 7) is 0. The highest BCUT2D eigenvalue weighted by Crippen LogP contribution is 2.18. The van der Waals surface area contributed by atoms with Crippen molar-refractivity contribution in [3.8, 4) is 5.75 Å². The fourth-order valence-electron chi connectivity index (χ4n) is 1.46. The number of rotatable bonds is 3. The second-order valence-electron chi connectivity index (χ2n) is 3.22. The number of pyridine rings is 1. The number of aromatic nitrogens is 2. The Hall–Kier alpha value is -2.04. The first-order valence-corrected chi connectivity index (χ1v) is 4.54. The molecule has 0 amide bonds. The van der Waals surface area contributed by atoms with E-state index in [0.29, 0.717) is 17.8 Å². The Morgan fingerprint density at radius 1 is 1.53 bits per heavy atom. The molecule has 0 radical (unpaired) electrons. The van der Waals surface area contributed by atoms with E-state index in [4.69, 9.17) is 5.11 Å². The molecule has 0 spiro atoms. The molecule has 78 valence electrons. The van der Waals surface area contributed by atoms with Crippen LogP contribution in [0.25, 0.3) is 5.52 Å². The summed E-state index contributed by atoms with van der Waals surface area (Å²) in [5, 5.41) is 18.0. The van der Waals surface area contributed by atoms with Crippen LogP contribution in [0.1, 0.15) is 12.2 Å². The standard InChI is InChI=1S/C10H10N2O3/c13-8-2-1-5-12-7(8)6-11-9(12)3-4-10(14)15/h1-2,5-6,13H,3-4H2,(H,14,15). The minimum atomic E-state index is -0.855. The SMILES string of the molecule is O=C(O)CCc1ncc2c(O)cccn12. The number of aromatic hydroxyl groups is 1. The van der Waals surface area contributed by atoms with Crippen LogP contribution in [0, 0.1) is 0 Å². The minimum absolute atomic E-state index is 0.0365. The lowest BCUT2D eigenvalue weighted by Gasteiger charge is -2.00. The van der Waals surface area contributed by atoms with Gasteiger partial charge in [0, 0.05) is 12.6 Å². The maximum atomic E-state index is 10.4. The van der Waals surface area contributed by atoms with Crippen molar-refractivity contribution in [1.29, 1.82) is 0 Å². The first kappa shape index (κ1) is 9.51. The highest BCUT2D eigenvalue weighted by molar-refractivity contribution is 5.67. The van der Waals surface area contributed by atoms with Crippen molar-refractivity contribution in [3.63, 3.8) is 0 Å². The lowest BCUT2D eigenvalue weighted by molar-refractivity contribution is -0.137. The van der Waals surface area contributed by atoms with Gasteiger partial charge in [-0.2, -0.15) is 0 Å². The van der Waals surface area contributed by atoms with E-state index in [-0.39, 0.29) is 12.2 Å². The lowest BCUT2D eigenvalue weighted by Crippen LogP contribution is -2.01. The van der Waals surface area contributed by atoms with Gasteiger partial charge in [0.25, 0.3) is 0 Å². The third-order valence-electron chi connectivity index (χ3n) is 2.19. The van der Waals surface area contributed by atoms with Crippen molar-refractivity contribution >= 4 is 11.5 Å². The molecule has 2 rings (SSSR count). The van der Waals surface area contributed by atoms with Crippen molar-refractivity contribution in [2.75, 3.05) is 0 Å². The maximum Gasteiger partial charge on any atom is 0.303 e. The monoisotopic (exact) mass is 206 g/mol. The fraction of sp³-hybridized carbons (Fsp3) is 0.200. The van der Waals surface area contributed by atoms with Crippen LogP contribution in [0.2, 0.25) is 0 Å². The van der Waals surface area contributed by atoms with Crippen LogP contribution in [0.5, 0.6) is 5.75 Å². The summed E-state index contributed by atoms with van der Waals surface area (Å²) in [7, 11) is 0. The van der Waals surface area contributed by atoms with E-state index >= 15 is 0 Å². The molecule has 2 aromatic rings. The number of imidazole rings is 1. The third kappa shape index (κ3) is 1.76. The van der Waals surface area contributed by atoms with Gasteiger partial charge in [-0.25, -0.2) is 4.98 Å². The second kappa shape index (κ2) is 3.61. The molecule has 0 unspecified atom stereocenters. The molecule has 0 aromatic carbocycles. The van der Waals surface area contributed by atoms with Gasteiger partial charge in [-0.05, 0) is 12.1 Å². The Morgan fingerprint density at radius 2 is 2.33 bits per heavy atom. The first-order chi connectivity index (χ1) is 7.18. The summed E-state index contributed by atoms with van der Waals surface area (Å²) in [6, 6.07) is 3.26. The van der Waals surface area contributed by atoms with Gasteiger partial charge in [0.05, 0.1) is 12.6 Å². The molecule has 0 aliphatic heterocycles. The Balaban J connectivity index is 2.37. The molecule has 5 nitrogen and oxygen atoms in total. The number of aryl methyl sites for hydroxylation is 1. The summed E-state index contributed by atoms with van der Waals surface area (Å²) in [6.07, 6.45) is 3.67. The van der Waals surface area contributed by atoms with Crippen LogP contribution >= 0.6 is 0 Å². The largest absolute Gasteiger partial charge is 0.506 e. The van der Waals surface area contributed by atoms with Gasteiger partial charge in [0.1, 0.15) is 17.1 Å². The van der Waals surface area contributed by atoms with Crippen molar-refractivity contribution in [2.45, 2.75) is 12.8 Å². The number of aliphatic carboxylic acids is 1. The number of nitrogens with zero attached hydrogens (tertiary/aromatic N) is 2. The zero-order valence-corrected chi connectivity index (χ0v) is 7.92. The number of hydrogen-bond donors (Lipinski definition) is 2. The van der Waals surface area contributed by atoms with E-state index in [1.165, 1.54) is 6.20 Å². The number of hydrogen-bond acceptors (Lipinski definition) is 3. The molecular weight excluding hydrogens is 196 g/mol. The van der Waals surface area contributed by atoms with Crippen LogP contribution < -0.4 is 0 Å². The van der Waals surface area contributed by atoms with Gasteiger partial charge in [-0.3, -0.25) is 4.79 Å². The van der Waals surface area contributed by atoms with E-state index in [0.717, 1.165) is 0 Å². The zero-order valence-electron chi connectivity index (χ0n) is 7.92. The van der Waals surface area contributed by atoms with Gasteiger partial charge in [0.15, 0.2) is 0 Å². The summed E-state index contributed by atoms with van der Waals surface area (Å²) < 4.78 is 1.69. The molecule has 0 aliphatic carbocycles. The molecule has 0 aliphatic rings. The van der Waals surface area contributed by atoms with Gasteiger partial charge in [-0.15, -0.1) is 0 Å².